The zero-order chi connectivity index (χ0) is 30.4. The van der Waals surface area contributed by atoms with Crippen molar-refractivity contribution in [2.24, 2.45) is 5.73 Å². The van der Waals surface area contributed by atoms with Crippen molar-refractivity contribution in [1.82, 2.24) is 9.55 Å². The molecule has 2 rings (SSSR count). The van der Waals surface area contributed by atoms with E-state index >= 15 is 0 Å². The molecule has 12 heteroatoms. The maximum Gasteiger partial charge on any atom is 0.330 e. The predicted molar refractivity (Wildman–Crippen MR) is 158 cm³/mol. The molecule has 1 fully saturated rings. The number of hydrogen-bond donors (Lipinski definition) is 2. The van der Waals surface area contributed by atoms with E-state index in [0.717, 1.165) is 0 Å². The second-order valence-corrected chi connectivity index (χ2v) is 24.2. The summed E-state index contributed by atoms with van der Waals surface area (Å²) < 4.78 is 27.3. The highest BCUT2D eigenvalue weighted by Crippen LogP contribution is 2.46. The van der Waals surface area contributed by atoms with Crippen LogP contribution in [-0.2, 0) is 23.1 Å². The number of esters is 1. The van der Waals surface area contributed by atoms with Gasteiger partial charge in [0.05, 0.1) is 6.10 Å². The zero-order valence-corrected chi connectivity index (χ0v) is 28.1. The van der Waals surface area contributed by atoms with E-state index in [2.05, 4.69) is 72.7 Å². The highest BCUT2D eigenvalue weighted by Gasteiger charge is 2.55. The van der Waals surface area contributed by atoms with Gasteiger partial charge in [0.1, 0.15) is 23.9 Å². The number of rotatable bonds is 8. The van der Waals surface area contributed by atoms with Gasteiger partial charge in [-0.05, 0) is 57.0 Å². The van der Waals surface area contributed by atoms with Crippen LogP contribution in [0.4, 0.5) is 0 Å². The number of aromatic nitrogens is 2. The summed E-state index contributed by atoms with van der Waals surface area (Å²) in [6.07, 6.45) is -1.33. The smallest absolute Gasteiger partial charge is 0.330 e. The highest BCUT2D eigenvalue weighted by atomic mass is 28.4. The van der Waals surface area contributed by atoms with E-state index in [1.54, 1.807) is 20.8 Å². The fourth-order valence-corrected chi connectivity index (χ4v) is 6.38. The van der Waals surface area contributed by atoms with E-state index in [1.807, 2.05) is 0 Å². The number of ether oxygens (including phenoxy) is 2. The summed E-state index contributed by atoms with van der Waals surface area (Å²) in [6.45, 7) is 26.7. The Morgan fingerprint density at radius 2 is 1.46 bits per heavy atom. The lowest BCUT2D eigenvalue weighted by Gasteiger charge is -2.44. The first-order chi connectivity index (χ1) is 17.4. The molecule has 2 heterocycles. The summed E-state index contributed by atoms with van der Waals surface area (Å²) in [5.74, 6) is -0.538. The van der Waals surface area contributed by atoms with Crippen molar-refractivity contribution in [2.45, 2.75) is 141 Å². The molecule has 0 unspecified atom stereocenters. The van der Waals surface area contributed by atoms with Gasteiger partial charge in [-0.2, -0.15) is 0 Å². The lowest BCUT2D eigenvalue weighted by atomic mass is 10.0. The molecule has 10 nitrogen and oxygen atoms in total. The lowest BCUT2D eigenvalue weighted by Crippen LogP contribution is -2.54. The topological polar surface area (TPSA) is 135 Å². The summed E-state index contributed by atoms with van der Waals surface area (Å²) in [7, 11) is -4.80. The van der Waals surface area contributed by atoms with Crippen molar-refractivity contribution in [3.05, 3.63) is 33.1 Å². The molecule has 1 saturated heterocycles. The molecule has 0 radical (unpaired) electrons. The van der Waals surface area contributed by atoms with Gasteiger partial charge >= 0.3 is 11.7 Å². The molecule has 0 saturated carbocycles. The third-order valence-corrected chi connectivity index (χ3v) is 17.0. The quantitative estimate of drug-likeness (QED) is 0.341. The average molecular weight is 586 g/mol. The molecule has 1 aliphatic rings. The van der Waals surface area contributed by atoms with E-state index in [0.29, 0.717) is 0 Å². The fraction of sp³-hybridized carbons (Fsp3) is 0.815. The van der Waals surface area contributed by atoms with Crippen molar-refractivity contribution in [3.63, 3.8) is 0 Å². The van der Waals surface area contributed by atoms with Crippen LogP contribution in [0.2, 0.25) is 36.3 Å². The number of carbonyl (C=O) groups excluding carboxylic acids is 1. The van der Waals surface area contributed by atoms with Crippen LogP contribution in [0.15, 0.2) is 21.9 Å². The van der Waals surface area contributed by atoms with Crippen molar-refractivity contribution >= 4 is 22.6 Å². The van der Waals surface area contributed by atoms with Crippen molar-refractivity contribution < 1.29 is 23.1 Å². The summed E-state index contributed by atoms with van der Waals surface area (Å²) in [4.78, 5) is 39.9. The van der Waals surface area contributed by atoms with E-state index in [9.17, 15) is 14.4 Å². The Bertz CT molecular complexity index is 1130. The summed E-state index contributed by atoms with van der Waals surface area (Å²) in [5.41, 5.74) is 4.54. The third kappa shape index (κ3) is 8.23. The van der Waals surface area contributed by atoms with Gasteiger partial charge in [0.15, 0.2) is 22.9 Å². The summed E-state index contributed by atoms with van der Waals surface area (Å²) in [5, 5.41) is -0.265. The predicted octanol–water partition coefficient (Wildman–Crippen LogP) is 4.27. The van der Waals surface area contributed by atoms with Crippen LogP contribution >= 0.6 is 0 Å². The molecule has 0 amide bonds. The molecule has 224 valence electrons. The Balaban J connectivity index is 2.64. The van der Waals surface area contributed by atoms with Gasteiger partial charge in [0.25, 0.3) is 5.56 Å². The van der Waals surface area contributed by atoms with E-state index in [1.165, 1.54) is 16.8 Å². The van der Waals surface area contributed by atoms with Crippen LogP contribution in [0, 0.1) is 0 Å². The van der Waals surface area contributed by atoms with E-state index < -0.39 is 70.0 Å². The Hall–Kier alpha value is -1.58. The Kier molecular flexibility index (Phi) is 9.80. The minimum absolute atomic E-state index is 0.111. The molecule has 0 aliphatic carbocycles. The first-order valence-corrected chi connectivity index (χ1v) is 19.5. The van der Waals surface area contributed by atoms with Gasteiger partial charge in [0.2, 0.25) is 0 Å². The molecule has 1 aromatic rings. The van der Waals surface area contributed by atoms with Gasteiger partial charge in [-0.25, -0.2) is 4.79 Å². The monoisotopic (exact) mass is 585 g/mol. The molecule has 3 N–H and O–H groups in total. The van der Waals surface area contributed by atoms with Crippen LogP contribution in [0.1, 0.15) is 75.0 Å². The van der Waals surface area contributed by atoms with Gasteiger partial charge < -0.3 is 24.1 Å². The number of aromatic amines is 1. The number of H-pyrrole nitrogens is 1. The van der Waals surface area contributed by atoms with Gasteiger partial charge in [0, 0.05) is 18.7 Å². The van der Waals surface area contributed by atoms with Crippen LogP contribution in [0.25, 0.3) is 0 Å². The molecule has 39 heavy (non-hydrogen) atoms. The molecule has 1 aromatic heterocycles. The molecular weight excluding hydrogens is 534 g/mol. The third-order valence-electron chi connectivity index (χ3n) is 8.08. The number of hydrogen-bond acceptors (Lipinski definition) is 8. The fourth-order valence-electron chi connectivity index (χ4n) is 3.78. The lowest BCUT2D eigenvalue weighted by molar-refractivity contribution is -0.157. The van der Waals surface area contributed by atoms with E-state index in [4.69, 9.17) is 24.1 Å². The Labute approximate surface area is 235 Å². The Morgan fingerprint density at radius 1 is 0.974 bits per heavy atom. The SMILES string of the molecule is CC(C)(C)OC(=O)[C@@H](N)C[C@H]1O[C@@H](n2ccc(=O)[nH]c2=O)[C@H](O[Si](C)(C)C(C)(C)C)[C@@H]1O[Si](C)(C)C(C)(C)C. The summed E-state index contributed by atoms with van der Waals surface area (Å²) in [6, 6.07) is 0.303. The van der Waals surface area contributed by atoms with Crippen molar-refractivity contribution in [3.8, 4) is 0 Å². The van der Waals surface area contributed by atoms with Crippen molar-refractivity contribution in [1.29, 1.82) is 0 Å². The van der Waals surface area contributed by atoms with Gasteiger partial charge in [-0.1, -0.05) is 41.5 Å². The largest absolute Gasteiger partial charge is 0.459 e. The number of carbonyl (C=O) groups is 1. The van der Waals surface area contributed by atoms with E-state index in [-0.39, 0.29) is 16.5 Å². The molecule has 0 bridgehead atoms. The second-order valence-electron chi connectivity index (χ2n) is 14.6. The molecule has 1 aliphatic heterocycles. The first kappa shape index (κ1) is 33.6. The minimum Gasteiger partial charge on any atom is -0.459 e. The standard InChI is InChI=1S/C27H51N3O7Si2/c1-25(2,3)35-23(32)17(28)16-18-20(36-38(10,11)26(4,5)6)21(37-39(12,13)27(7,8)9)22(34-18)30-15-14-19(31)29-24(30)33/h14-15,17-18,20-22H,16,28H2,1-13H3,(H,29,31,33)/t17-,18+,20+,21+,22+/m0/s1. The zero-order valence-electron chi connectivity index (χ0n) is 26.1. The van der Waals surface area contributed by atoms with Gasteiger partial charge in [-0.3, -0.25) is 19.1 Å². The molecule has 0 spiro atoms. The molecular formula is C27H51N3O7Si2. The number of nitrogens with one attached hydrogen (secondary N) is 1. The number of nitrogens with zero attached hydrogens (tertiary/aromatic N) is 1. The van der Waals surface area contributed by atoms with Crippen LogP contribution in [-0.4, -0.2) is 62.1 Å². The van der Waals surface area contributed by atoms with Gasteiger partial charge in [-0.15, -0.1) is 0 Å². The number of nitrogens with two attached hydrogens (primary N) is 1. The highest BCUT2D eigenvalue weighted by molar-refractivity contribution is 6.74. The minimum atomic E-state index is -2.41. The van der Waals surface area contributed by atoms with Crippen LogP contribution in [0.3, 0.4) is 0 Å². The Morgan fingerprint density at radius 3 is 1.90 bits per heavy atom. The first-order valence-electron chi connectivity index (χ1n) is 13.7. The average Bonchev–Trinajstić information content (AvgIpc) is 3.00. The van der Waals surface area contributed by atoms with Crippen molar-refractivity contribution in [2.75, 3.05) is 0 Å². The maximum absolute atomic E-state index is 12.9. The maximum atomic E-state index is 12.9. The summed E-state index contributed by atoms with van der Waals surface area (Å²) >= 11 is 0. The van der Waals surface area contributed by atoms with Crippen LogP contribution < -0.4 is 17.0 Å². The molecule has 5 atom stereocenters. The molecule has 0 aromatic carbocycles. The second kappa shape index (κ2) is 11.4. The normalized spacial score (nSPS) is 24.1. The van der Waals surface area contributed by atoms with Crippen LogP contribution in [0.5, 0.6) is 0 Å².